The van der Waals surface area contributed by atoms with Crippen LogP contribution in [0.15, 0.2) is 57.7 Å². The predicted molar refractivity (Wildman–Crippen MR) is 107 cm³/mol. The van der Waals surface area contributed by atoms with Gasteiger partial charge in [-0.15, -0.1) is 0 Å². The molecule has 0 unspecified atom stereocenters. The third kappa shape index (κ3) is 4.18. The number of rotatable bonds is 5. The van der Waals surface area contributed by atoms with Gasteiger partial charge in [0.25, 0.3) is 5.91 Å². The van der Waals surface area contributed by atoms with E-state index < -0.39 is 5.63 Å². The minimum atomic E-state index is -0.417. The average Bonchev–Trinajstić information content (AvgIpc) is 2.71. The van der Waals surface area contributed by atoms with Crippen molar-refractivity contribution in [2.45, 2.75) is 13.0 Å². The molecule has 1 aliphatic heterocycles. The lowest BCUT2D eigenvalue weighted by molar-refractivity contribution is -0.133. The van der Waals surface area contributed by atoms with Crippen molar-refractivity contribution in [2.75, 3.05) is 26.8 Å². The number of benzene rings is 2. The summed E-state index contributed by atoms with van der Waals surface area (Å²) in [5, 5.41) is 0.829. The summed E-state index contributed by atoms with van der Waals surface area (Å²) in [7, 11) is 1.69. The lowest BCUT2D eigenvalue weighted by Crippen LogP contribution is -2.43. The summed E-state index contributed by atoms with van der Waals surface area (Å²) in [4.78, 5) is 25.5. The van der Waals surface area contributed by atoms with Gasteiger partial charge < -0.3 is 23.5 Å². The summed E-state index contributed by atoms with van der Waals surface area (Å²) in [6.45, 7) is 2.46. The predicted octanol–water partition coefficient (Wildman–Crippen LogP) is 2.78. The summed E-state index contributed by atoms with van der Waals surface area (Å²) in [5.41, 5.74) is 0.842. The smallest absolute Gasteiger partial charge is 0.336 e. The maximum Gasteiger partial charge on any atom is 0.336 e. The van der Waals surface area contributed by atoms with E-state index in [0.29, 0.717) is 36.0 Å². The minimum Gasteiger partial charge on any atom is -0.486 e. The molecule has 0 N–H and O–H groups in total. The average molecular weight is 395 g/mol. The fraction of sp³-hybridized carbons (Fsp3) is 0.273. The number of amides is 1. The zero-order chi connectivity index (χ0) is 20.4. The highest BCUT2D eigenvalue weighted by atomic mass is 16.6. The molecular formula is C22H21NO6. The van der Waals surface area contributed by atoms with E-state index in [2.05, 4.69) is 0 Å². The SMILES string of the molecule is Cc1cc(=O)oc2cc(OCC(=O)N(C)C[C@H]3COc4ccccc4O3)ccc12. The van der Waals surface area contributed by atoms with E-state index >= 15 is 0 Å². The Morgan fingerprint density at radius 1 is 1.17 bits per heavy atom. The van der Waals surface area contributed by atoms with Crippen LogP contribution < -0.4 is 19.8 Å². The third-order valence-corrected chi connectivity index (χ3v) is 4.76. The molecule has 0 saturated heterocycles. The summed E-state index contributed by atoms with van der Waals surface area (Å²) in [5.74, 6) is 1.64. The Morgan fingerprint density at radius 2 is 1.97 bits per heavy atom. The Kier molecular flexibility index (Phi) is 5.12. The van der Waals surface area contributed by atoms with Gasteiger partial charge in [0.05, 0.1) is 6.54 Å². The van der Waals surface area contributed by atoms with Crippen LogP contribution >= 0.6 is 0 Å². The van der Waals surface area contributed by atoms with E-state index in [-0.39, 0.29) is 18.6 Å². The molecule has 150 valence electrons. The van der Waals surface area contributed by atoms with Gasteiger partial charge in [-0.2, -0.15) is 0 Å². The first-order chi connectivity index (χ1) is 14.0. The molecule has 0 fully saturated rings. The van der Waals surface area contributed by atoms with Crippen molar-refractivity contribution >= 4 is 16.9 Å². The summed E-state index contributed by atoms with van der Waals surface area (Å²) < 4.78 is 22.4. The van der Waals surface area contributed by atoms with Crippen molar-refractivity contribution in [1.82, 2.24) is 4.90 Å². The van der Waals surface area contributed by atoms with Crippen molar-refractivity contribution in [3.05, 3.63) is 64.5 Å². The van der Waals surface area contributed by atoms with Crippen molar-refractivity contribution in [1.29, 1.82) is 0 Å². The molecule has 0 bridgehead atoms. The molecule has 0 radical (unpaired) electrons. The van der Waals surface area contributed by atoms with Gasteiger partial charge in [0, 0.05) is 24.6 Å². The van der Waals surface area contributed by atoms with E-state index in [4.69, 9.17) is 18.6 Å². The van der Waals surface area contributed by atoms with Gasteiger partial charge in [0.2, 0.25) is 0 Å². The van der Waals surface area contributed by atoms with Gasteiger partial charge in [0.15, 0.2) is 24.2 Å². The van der Waals surface area contributed by atoms with Crippen LogP contribution in [-0.2, 0) is 4.79 Å². The Morgan fingerprint density at radius 3 is 2.79 bits per heavy atom. The monoisotopic (exact) mass is 395 g/mol. The number of para-hydroxylation sites is 2. The highest BCUT2D eigenvalue weighted by Crippen LogP contribution is 2.31. The van der Waals surface area contributed by atoms with Crippen LogP contribution in [0.2, 0.25) is 0 Å². The molecule has 0 spiro atoms. The molecule has 2 aromatic carbocycles. The molecule has 0 saturated carbocycles. The summed E-state index contributed by atoms with van der Waals surface area (Å²) in [6.07, 6.45) is -0.253. The first-order valence-electron chi connectivity index (χ1n) is 9.29. The molecule has 3 aromatic rings. The largest absolute Gasteiger partial charge is 0.486 e. The van der Waals surface area contributed by atoms with Gasteiger partial charge >= 0.3 is 5.63 Å². The molecular weight excluding hydrogens is 374 g/mol. The van der Waals surface area contributed by atoms with Gasteiger partial charge in [-0.1, -0.05) is 12.1 Å². The zero-order valence-electron chi connectivity index (χ0n) is 16.2. The lowest BCUT2D eigenvalue weighted by Gasteiger charge is -2.29. The third-order valence-electron chi connectivity index (χ3n) is 4.76. The molecule has 2 heterocycles. The second kappa shape index (κ2) is 7.87. The second-order valence-electron chi connectivity index (χ2n) is 6.97. The van der Waals surface area contributed by atoms with Crippen LogP contribution in [0.1, 0.15) is 5.56 Å². The number of hydrogen-bond acceptors (Lipinski definition) is 6. The second-order valence-corrected chi connectivity index (χ2v) is 6.97. The highest BCUT2D eigenvalue weighted by molar-refractivity contribution is 5.81. The number of fused-ring (bicyclic) bond motifs is 2. The summed E-state index contributed by atoms with van der Waals surface area (Å²) >= 11 is 0. The molecule has 29 heavy (non-hydrogen) atoms. The van der Waals surface area contributed by atoms with Crippen LogP contribution in [-0.4, -0.2) is 43.7 Å². The maximum atomic E-state index is 12.4. The Balaban J connectivity index is 1.35. The first-order valence-corrected chi connectivity index (χ1v) is 9.29. The fourth-order valence-electron chi connectivity index (χ4n) is 3.21. The molecule has 1 atom stereocenters. The van der Waals surface area contributed by atoms with Gasteiger partial charge in [0.1, 0.15) is 17.9 Å². The Labute approximate surface area is 167 Å². The molecule has 1 amide bonds. The number of aryl methyl sites for hydroxylation is 1. The maximum absolute atomic E-state index is 12.4. The molecule has 1 aliphatic rings. The topological polar surface area (TPSA) is 78.2 Å². The molecule has 4 rings (SSSR count). The Bertz CT molecular complexity index is 1110. The van der Waals surface area contributed by atoms with Crippen molar-refractivity contribution in [3.63, 3.8) is 0 Å². The van der Waals surface area contributed by atoms with E-state index in [1.54, 1.807) is 24.1 Å². The van der Waals surface area contributed by atoms with Crippen LogP contribution in [0.3, 0.4) is 0 Å². The lowest BCUT2D eigenvalue weighted by atomic mass is 10.1. The van der Waals surface area contributed by atoms with Gasteiger partial charge in [-0.25, -0.2) is 4.79 Å². The van der Waals surface area contributed by atoms with E-state index in [0.717, 1.165) is 10.9 Å². The number of hydrogen-bond donors (Lipinski definition) is 0. The molecule has 1 aromatic heterocycles. The quantitative estimate of drug-likeness (QED) is 0.618. The van der Waals surface area contributed by atoms with E-state index in [1.165, 1.54) is 6.07 Å². The van der Waals surface area contributed by atoms with Gasteiger partial charge in [-0.3, -0.25) is 4.79 Å². The van der Waals surface area contributed by atoms with Crippen LogP contribution in [0.5, 0.6) is 17.2 Å². The van der Waals surface area contributed by atoms with E-state index in [1.807, 2.05) is 37.3 Å². The fourth-order valence-corrected chi connectivity index (χ4v) is 3.21. The summed E-state index contributed by atoms with van der Waals surface area (Å²) in [6, 6.07) is 14.1. The molecule has 7 nitrogen and oxygen atoms in total. The van der Waals surface area contributed by atoms with Crippen molar-refractivity contribution in [2.24, 2.45) is 0 Å². The first kappa shape index (κ1) is 18.9. The number of nitrogens with zero attached hydrogens (tertiary/aromatic N) is 1. The standard InChI is InChI=1S/C22H21NO6/c1-14-9-22(25)29-20-10-15(7-8-17(14)20)26-13-21(24)23(2)11-16-12-27-18-5-3-4-6-19(18)28-16/h3-10,16H,11-13H2,1-2H3/t16-/m0/s1. The van der Waals surface area contributed by atoms with Crippen LogP contribution in [0.25, 0.3) is 11.0 Å². The normalized spacial score (nSPS) is 15.2. The molecule has 7 heteroatoms. The zero-order valence-corrected chi connectivity index (χ0v) is 16.2. The molecule has 0 aliphatic carbocycles. The number of carbonyl (C=O) groups excluding carboxylic acids is 1. The van der Waals surface area contributed by atoms with Gasteiger partial charge in [-0.05, 0) is 36.8 Å². The van der Waals surface area contributed by atoms with Crippen molar-refractivity contribution < 1.29 is 23.4 Å². The number of ether oxygens (including phenoxy) is 3. The van der Waals surface area contributed by atoms with Crippen LogP contribution in [0, 0.1) is 6.92 Å². The Hall–Kier alpha value is -3.48. The minimum absolute atomic E-state index is 0.137. The van der Waals surface area contributed by atoms with E-state index in [9.17, 15) is 9.59 Å². The highest BCUT2D eigenvalue weighted by Gasteiger charge is 2.23. The number of carbonyl (C=O) groups is 1. The van der Waals surface area contributed by atoms with Crippen LogP contribution in [0.4, 0.5) is 0 Å². The number of likely N-dealkylation sites (N-methyl/N-ethyl adjacent to an activating group) is 1. The van der Waals surface area contributed by atoms with Crippen molar-refractivity contribution in [3.8, 4) is 17.2 Å².